The molecular formula is C17H41IO3Si3. The van der Waals surface area contributed by atoms with Gasteiger partial charge in [0.05, 0.1) is 6.61 Å². The highest BCUT2D eigenvalue weighted by atomic mass is 127. The molecule has 0 bridgehead atoms. The van der Waals surface area contributed by atoms with Crippen molar-refractivity contribution < 1.29 is 13.3 Å². The Kier molecular flexibility index (Phi) is 13.3. The third kappa shape index (κ3) is 7.11. The monoisotopic (exact) mass is 504 g/mol. The molecule has 0 aromatic carbocycles. The summed E-state index contributed by atoms with van der Waals surface area (Å²) in [6.07, 6.45) is 2.11. The number of hydrogen-bond acceptors (Lipinski definition) is 3. The first-order chi connectivity index (χ1) is 11.4. The van der Waals surface area contributed by atoms with Crippen LogP contribution in [0.2, 0.25) is 36.3 Å². The Morgan fingerprint density at radius 3 is 1.42 bits per heavy atom. The fourth-order valence-electron chi connectivity index (χ4n) is 3.53. The van der Waals surface area contributed by atoms with Crippen LogP contribution in [0.3, 0.4) is 0 Å². The van der Waals surface area contributed by atoms with Crippen molar-refractivity contribution in [1.29, 1.82) is 0 Å². The lowest BCUT2D eigenvalue weighted by Gasteiger charge is -2.47. The lowest BCUT2D eigenvalue weighted by Crippen LogP contribution is -2.57. The standard InChI is InChI=1S/C17H41IO3Si3/c1-7-23(8-2,9-3)20-17(16-19-22,14-13-15-18)21-24(10-4,11-5)12-6/h7-16H2,1-6,22H3. The van der Waals surface area contributed by atoms with Gasteiger partial charge in [0, 0.05) is 6.42 Å². The molecule has 0 radical (unpaired) electrons. The molecule has 0 atom stereocenters. The number of halogens is 1. The van der Waals surface area contributed by atoms with Crippen molar-refractivity contribution in [3.8, 4) is 0 Å². The maximum Gasteiger partial charge on any atom is 0.195 e. The Labute approximate surface area is 169 Å². The quantitative estimate of drug-likeness (QED) is 0.132. The molecule has 0 aliphatic carbocycles. The zero-order valence-electron chi connectivity index (χ0n) is 17.2. The Balaban J connectivity index is 5.76. The summed E-state index contributed by atoms with van der Waals surface area (Å²) < 4.78 is 21.0. The summed E-state index contributed by atoms with van der Waals surface area (Å²) in [4.78, 5) is 0. The average molecular weight is 505 g/mol. The molecule has 0 N–H and O–H groups in total. The predicted molar refractivity (Wildman–Crippen MR) is 123 cm³/mol. The van der Waals surface area contributed by atoms with Crippen LogP contribution in [0.1, 0.15) is 54.4 Å². The second kappa shape index (κ2) is 12.6. The van der Waals surface area contributed by atoms with Crippen molar-refractivity contribution in [2.45, 2.75) is 96.4 Å². The molecule has 7 heteroatoms. The third-order valence-corrected chi connectivity index (χ3v) is 16.1. The van der Waals surface area contributed by atoms with Crippen molar-refractivity contribution >= 4 is 49.7 Å². The van der Waals surface area contributed by atoms with Gasteiger partial charge in [-0.25, -0.2) is 0 Å². The van der Waals surface area contributed by atoms with Crippen LogP contribution in [0.5, 0.6) is 0 Å². The summed E-state index contributed by atoms with van der Waals surface area (Å²) in [5.41, 5.74) is 0. The minimum absolute atomic E-state index is 0.491. The van der Waals surface area contributed by atoms with E-state index in [1.807, 2.05) is 0 Å². The molecule has 0 aromatic rings. The molecule has 3 nitrogen and oxygen atoms in total. The van der Waals surface area contributed by atoms with Crippen LogP contribution in [-0.2, 0) is 13.3 Å². The molecule has 0 heterocycles. The Morgan fingerprint density at radius 2 is 1.17 bits per heavy atom. The molecule has 0 unspecified atom stereocenters. The Bertz CT molecular complexity index is 286. The Morgan fingerprint density at radius 1 is 0.792 bits per heavy atom. The first-order valence-corrected chi connectivity index (χ1v) is 17.3. The van der Waals surface area contributed by atoms with Gasteiger partial charge in [0.1, 0.15) is 10.5 Å². The highest BCUT2D eigenvalue weighted by Crippen LogP contribution is 2.37. The average Bonchev–Trinajstić information content (AvgIpc) is 2.63. The van der Waals surface area contributed by atoms with Crippen molar-refractivity contribution in [1.82, 2.24) is 0 Å². The van der Waals surface area contributed by atoms with Gasteiger partial charge in [-0.3, -0.25) is 0 Å². The first-order valence-electron chi connectivity index (χ1n) is 9.85. The molecule has 0 spiro atoms. The van der Waals surface area contributed by atoms with Gasteiger partial charge in [0.15, 0.2) is 22.4 Å². The number of hydrogen-bond donors (Lipinski definition) is 0. The number of alkyl halides is 1. The molecule has 0 aliphatic heterocycles. The van der Waals surface area contributed by atoms with E-state index in [4.69, 9.17) is 13.3 Å². The van der Waals surface area contributed by atoms with Crippen LogP contribution in [0, 0.1) is 0 Å². The van der Waals surface area contributed by atoms with Gasteiger partial charge in [0.2, 0.25) is 0 Å². The second-order valence-corrected chi connectivity index (χ2v) is 17.9. The van der Waals surface area contributed by atoms with Gasteiger partial charge in [-0.2, -0.15) is 0 Å². The van der Waals surface area contributed by atoms with Crippen molar-refractivity contribution in [3.05, 3.63) is 0 Å². The lowest BCUT2D eigenvalue weighted by molar-refractivity contribution is -0.158. The SMILES string of the molecule is CC[Si](CC)(CC)OC(CCCI)(CO[SiH3])O[Si](CC)(CC)CC. The highest BCUT2D eigenvalue weighted by molar-refractivity contribution is 14.1. The van der Waals surface area contributed by atoms with Crippen LogP contribution < -0.4 is 0 Å². The second-order valence-electron chi connectivity index (χ2n) is 6.83. The topological polar surface area (TPSA) is 27.7 Å². The minimum atomic E-state index is -1.75. The summed E-state index contributed by atoms with van der Waals surface area (Å²) in [5, 5.41) is 0. The molecule has 0 saturated carbocycles. The van der Waals surface area contributed by atoms with E-state index in [1.165, 1.54) is 0 Å². The van der Waals surface area contributed by atoms with Crippen LogP contribution in [0.15, 0.2) is 0 Å². The molecule has 146 valence electrons. The fraction of sp³-hybridized carbons (Fsp3) is 1.00. The van der Waals surface area contributed by atoms with Crippen LogP contribution in [-0.4, -0.2) is 43.9 Å². The van der Waals surface area contributed by atoms with Gasteiger partial charge in [-0.1, -0.05) is 64.1 Å². The van der Waals surface area contributed by atoms with Crippen LogP contribution >= 0.6 is 22.6 Å². The number of rotatable bonds is 15. The summed E-state index contributed by atoms with van der Waals surface area (Å²) in [6, 6.07) is 6.97. The van der Waals surface area contributed by atoms with Crippen molar-refractivity contribution in [2.75, 3.05) is 11.0 Å². The molecule has 0 saturated heterocycles. The minimum Gasteiger partial charge on any atom is -0.423 e. The zero-order valence-corrected chi connectivity index (χ0v) is 23.3. The van der Waals surface area contributed by atoms with E-state index in [2.05, 4.69) is 64.1 Å². The summed E-state index contributed by atoms with van der Waals surface area (Å²) in [5.74, 6) is -0.491. The van der Waals surface area contributed by atoms with E-state index in [0.717, 1.165) is 64.0 Å². The van der Waals surface area contributed by atoms with Gasteiger partial charge >= 0.3 is 0 Å². The molecule has 0 amide bonds. The molecule has 0 rings (SSSR count). The molecular weight excluding hydrogens is 463 g/mol. The van der Waals surface area contributed by atoms with E-state index in [-0.39, 0.29) is 0 Å². The first kappa shape index (κ1) is 25.3. The maximum atomic E-state index is 7.02. The van der Waals surface area contributed by atoms with Gasteiger partial charge in [-0.15, -0.1) is 0 Å². The van der Waals surface area contributed by atoms with Crippen molar-refractivity contribution in [2.24, 2.45) is 0 Å². The van der Waals surface area contributed by atoms with E-state index in [0.29, 0.717) is 6.61 Å². The van der Waals surface area contributed by atoms with Gasteiger partial charge < -0.3 is 13.3 Å². The molecule has 0 fully saturated rings. The van der Waals surface area contributed by atoms with E-state index in [1.54, 1.807) is 0 Å². The predicted octanol–water partition coefficient (Wildman–Crippen LogP) is 5.24. The summed E-state index contributed by atoms with van der Waals surface area (Å²) >= 11 is 2.47. The van der Waals surface area contributed by atoms with Crippen LogP contribution in [0.25, 0.3) is 0 Å². The Hall–Kier alpha value is 1.26. The van der Waals surface area contributed by atoms with Crippen LogP contribution in [0.4, 0.5) is 0 Å². The maximum absolute atomic E-state index is 7.02. The fourth-order valence-corrected chi connectivity index (χ4v) is 10.3. The van der Waals surface area contributed by atoms with E-state index >= 15 is 0 Å². The van der Waals surface area contributed by atoms with E-state index < -0.39 is 22.4 Å². The zero-order chi connectivity index (χ0) is 18.7. The largest absolute Gasteiger partial charge is 0.423 e. The normalized spacial score (nSPS) is 13.6. The third-order valence-electron chi connectivity index (χ3n) is 5.73. The van der Waals surface area contributed by atoms with Crippen molar-refractivity contribution in [3.63, 3.8) is 0 Å². The highest BCUT2D eigenvalue weighted by Gasteiger charge is 2.46. The molecule has 0 aromatic heterocycles. The van der Waals surface area contributed by atoms with Gasteiger partial charge in [-0.05, 0) is 47.1 Å². The summed E-state index contributed by atoms with van der Waals surface area (Å²) in [7, 11) is -2.76. The molecule has 0 aliphatic rings. The van der Waals surface area contributed by atoms with E-state index in [9.17, 15) is 0 Å². The lowest BCUT2D eigenvalue weighted by atomic mass is 10.2. The summed E-state index contributed by atoms with van der Waals surface area (Å²) in [6.45, 7) is 14.4. The smallest absolute Gasteiger partial charge is 0.195 e. The molecule has 24 heavy (non-hydrogen) atoms. The van der Waals surface area contributed by atoms with Gasteiger partial charge in [0.25, 0.3) is 0 Å².